The predicted octanol–water partition coefficient (Wildman–Crippen LogP) is 1.73. The number of piperidine rings is 1. The molecule has 1 aromatic rings. The van der Waals surface area contributed by atoms with Crippen LogP contribution >= 0.6 is 0 Å². The van der Waals surface area contributed by atoms with Gasteiger partial charge in [-0.15, -0.1) is 0 Å². The molecule has 0 spiro atoms. The summed E-state index contributed by atoms with van der Waals surface area (Å²) >= 11 is 0. The van der Waals surface area contributed by atoms with Crippen molar-refractivity contribution in [1.29, 1.82) is 0 Å². The van der Waals surface area contributed by atoms with Gasteiger partial charge in [0.1, 0.15) is 5.82 Å². The summed E-state index contributed by atoms with van der Waals surface area (Å²) in [5.74, 6) is 1.04. The SMILES string of the molecule is CCNC(C)c1ccc(N2CCC(OCCO)CC2)nc1. The Morgan fingerprint density at radius 3 is 2.76 bits per heavy atom. The molecule has 0 aliphatic carbocycles. The summed E-state index contributed by atoms with van der Waals surface area (Å²) in [7, 11) is 0. The van der Waals surface area contributed by atoms with E-state index < -0.39 is 0 Å². The number of aromatic nitrogens is 1. The van der Waals surface area contributed by atoms with Crippen LogP contribution in [0.15, 0.2) is 18.3 Å². The number of nitrogens with one attached hydrogen (secondary N) is 1. The minimum Gasteiger partial charge on any atom is -0.394 e. The van der Waals surface area contributed by atoms with E-state index in [9.17, 15) is 0 Å². The first kappa shape index (κ1) is 16.2. The first-order chi connectivity index (χ1) is 10.2. The minimum absolute atomic E-state index is 0.104. The van der Waals surface area contributed by atoms with E-state index >= 15 is 0 Å². The summed E-state index contributed by atoms with van der Waals surface area (Å²) in [6, 6.07) is 4.61. The van der Waals surface area contributed by atoms with Crippen molar-refractivity contribution in [2.45, 2.75) is 38.8 Å². The van der Waals surface area contributed by atoms with Gasteiger partial charge in [0.25, 0.3) is 0 Å². The highest BCUT2D eigenvalue weighted by atomic mass is 16.5. The van der Waals surface area contributed by atoms with Gasteiger partial charge in [-0.25, -0.2) is 4.98 Å². The Hall–Kier alpha value is -1.17. The lowest BCUT2D eigenvalue weighted by Crippen LogP contribution is -2.37. The number of pyridine rings is 1. The predicted molar refractivity (Wildman–Crippen MR) is 84.6 cm³/mol. The van der Waals surface area contributed by atoms with Crippen LogP contribution < -0.4 is 10.2 Å². The summed E-state index contributed by atoms with van der Waals surface area (Å²) in [4.78, 5) is 6.90. The fourth-order valence-electron chi connectivity index (χ4n) is 2.74. The number of rotatable bonds is 7. The van der Waals surface area contributed by atoms with E-state index in [-0.39, 0.29) is 12.7 Å². The zero-order chi connectivity index (χ0) is 15.1. The van der Waals surface area contributed by atoms with E-state index in [1.54, 1.807) is 0 Å². The van der Waals surface area contributed by atoms with Gasteiger partial charge in [-0.05, 0) is 37.9 Å². The summed E-state index contributed by atoms with van der Waals surface area (Å²) in [5, 5.41) is 12.2. The van der Waals surface area contributed by atoms with Crippen LogP contribution in [-0.2, 0) is 4.74 Å². The summed E-state index contributed by atoms with van der Waals surface area (Å²) in [6.07, 6.45) is 4.24. The lowest BCUT2D eigenvalue weighted by atomic mass is 10.1. The van der Waals surface area contributed by atoms with Crippen LogP contribution in [0.25, 0.3) is 0 Å². The molecule has 5 heteroatoms. The fraction of sp³-hybridized carbons (Fsp3) is 0.688. The maximum absolute atomic E-state index is 8.79. The molecule has 1 unspecified atom stereocenters. The Labute approximate surface area is 127 Å². The Morgan fingerprint density at radius 2 is 2.19 bits per heavy atom. The highest BCUT2D eigenvalue weighted by Crippen LogP contribution is 2.21. The van der Waals surface area contributed by atoms with Gasteiger partial charge >= 0.3 is 0 Å². The lowest BCUT2D eigenvalue weighted by Gasteiger charge is -2.32. The third kappa shape index (κ3) is 4.66. The number of aliphatic hydroxyl groups is 1. The minimum atomic E-state index is 0.104. The molecule has 1 saturated heterocycles. The van der Waals surface area contributed by atoms with E-state index in [2.05, 4.69) is 41.2 Å². The summed E-state index contributed by atoms with van der Waals surface area (Å²) in [6.45, 7) is 7.71. The number of ether oxygens (including phenoxy) is 1. The highest BCUT2D eigenvalue weighted by molar-refractivity contribution is 5.40. The maximum atomic E-state index is 8.79. The van der Waals surface area contributed by atoms with E-state index in [0.717, 1.165) is 38.3 Å². The quantitative estimate of drug-likeness (QED) is 0.802. The number of aliphatic hydroxyl groups excluding tert-OH is 1. The Morgan fingerprint density at radius 1 is 1.43 bits per heavy atom. The molecule has 1 aliphatic rings. The summed E-state index contributed by atoms with van der Waals surface area (Å²) in [5.41, 5.74) is 1.22. The van der Waals surface area contributed by atoms with E-state index in [1.165, 1.54) is 5.56 Å². The molecule has 2 N–H and O–H groups in total. The van der Waals surface area contributed by atoms with Crippen LogP contribution in [0.1, 0.15) is 38.3 Å². The molecule has 1 aromatic heterocycles. The molecule has 21 heavy (non-hydrogen) atoms. The molecule has 1 aliphatic heterocycles. The van der Waals surface area contributed by atoms with Crippen LogP contribution in [0.5, 0.6) is 0 Å². The van der Waals surface area contributed by atoms with Crippen molar-refractivity contribution < 1.29 is 9.84 Å². The zero-order valence-corrected chi connectivity index (χ0v) is 13.1. The number of nitrogens with zero attached hydrogens (tertiary/aromatic N) is 2. The van der Waals surface area contributed by atoms with Gasteiger partial charge < -0.3 is 20.1 Å². The molecule has 2 rings (SSSR count). The Bertz CT molecular complexity index is 402. The van der Waals surface area contributed by atoms with Gasteiger partial charge in [-0.3, -0.25) is 0 Å². The van der Waals surface area contributed by atoms with Crippen molar-refractivity contribution in [2.24, 2.45) is 0 Å². The monoisotopic (exact) mass is 293 g/mol. The van der Waals surface area contributed by atoms with Crippen molar-refractivity contribution in [3.8, 4) is 0 Å². The van der Waals surface area contributed by atoms with Gasteiger partial charge in [-0.2, -0.15) is 0 Å². The Balaban J connectivity index is 1.86. The average Bonchev–Trinajstić information content (AvgIpc) is 2.54. The lowest BCUT2D eigenvalue weighted by molar-refractivity contribution is 0.0158. The molecule has 0 saturated carbocycles. The molecule has 2 heterocycles. The van der Waals surface area contributed by atoms with E-state index in [0.29, 0.717) is 12.6 Å². The highest BCUT2D eigenvalue weighted by Gasteiger charge is 2.20. The third-order valence-corrected chi connectivity index (χ3v) is 3.99. The largest absolute Gasteiger partial charge is 0.394 e. The fourth-order valence-corrected chi connectivity index (χ4v) is 2.74. The van der Waals surface area contributed by atoms with Gasteiger partial charge in [0.2, 0.25) is 0 Å². The second-order valence-electron chi connectivity index (χ2n) is 5.51. The zero-order valence-electron chi connectivity index (χ0n) is 13.1. The topological polar surface area (TPSA) is 57.6 Å². The number of hydrogen-bond acceptors (Lipinski definition) is 5. The molecule has 0 radical (unpaired) electrons. The van der Waals surface area contributed by atoms with Crippen molar-refractivity contribution in [1.82, 2.24) is 10.3 Å². The van der Waals surface area contributed by atoms with Crippen LogP contribution in [0.2, 0.25) is 0 Å². The molecule has 1 atom stereocenters. The standard InChI is InChI=1S/C16H27N3O2/c1-3-17-13(2)14-4-5-16(18-12-14)19-8-6-15(7-9-19)21-11-10-20/h4-5,12-13,15,17,20H,3,6-11H2,1-2H3. The van der Waals surface area contributed by atoms with Gasteiger partial charge in [0.15, 0.2) is 0 Å². The molecule has 0 aromatic carbocycles. The molecule has 118 valence electrons. The first-order valence-electron chi connectivity index (χ1n) is 7.91. The molecule has 5 nitrogen and oxygen atoms in total. The molecule has 1 fully saturated rings. The van der Waals surface area contributed by atoms with Crippen LogP contribution in [-0.4, -0.2) is 49.0 Å². The van der Waals surface area contributed by atoms with Gasteiger partial charge in [0, 0.05) is 25.3 Å². The van der Waals surface area contributed by atoms with E-state index in [4.69, 9.17) is 9.84 Å². The number of hydrogen-bond donors (Lipinski definition) is 2. The average molecular weight is 293 g/mol. The second-order valence-corrected chi connectivity index (χ2v) is 5.51. The van der Waals surface area contributed by atoms with Gasteiger partial charge in [-0.1, -0.05) is 13.0 Å². The van der Waals surface area contributed by atoms with Crippen LogP contribution in [0, 0.1) is 0 Å². The van der Waals surface area contributed by atoms with Crippen molar-refractivity contribution >= 4 is 5.82 Å². The normalized spacial score (nSPS) is 18.0. The van der Waals surface area contributed by atoms with Crippen molar-refractivity contribution in [2.75, 3.05) is 37.7 Å². The molecule has 0 bridgehead atoms. The van der Waals surface area contributed by atoms with Crippen LogP contribution in [0.4, 0.5) is 5.82 Å². The van der Waals surface area contributed by atoms with Crippen molar-refractivity contribution in [3.05, 3.63) is 23.9 Å². The van der Waals surface area contributed by atoms with Crippen molar-refractivity contribution in [3.63, 3.8) is 0 Å². The molecular weight excluding hydrogens is 266 g/mol. The number of anilines is 1. The molecular formula is C16H27N3O2. The molecule has 0 amide bonds. The van der Waals surface area contributed by atoms with Gasteiger partial charge in [0.05, 0.1) is 19.3 Å². The smallest absolute Gasteiger partial charge is 0.128 e. The second kappa shape index (κ2) is 8.32. The first-order valence-corrected chi connectivity index (χ1v) is 7.91. The van der Waals surface area contributed by atoms with E-state index in [1.807, 2.05) is 6.20 Å². The Kier molecular flexibility index (Phi) is 6.42. The third-order valence-electron chi connectivity index (χ3n) is 3.99. The summed E-state index contributed by atoms with van der Waals surface area (Å²) < 4.78 is 5.59. The van der Waals surface area contributed by atoms with Crippen LogP contribution in [0.3, 0.4) is 0 Å². The maximum Gasteiger partial charge on any atom is 0.128 e.